The third-order valence-electron chi connectivity index (χ3n) is 4.11. The van der Waals surface area contributed by atoms with Crippen LogP contribution in [0, 0.1) is 5.92 Å². The van der Waals surface area contributed by atoms with Gasteiger partial charge in [0, 0.05) is 13.1 Å². The Labute approximate surface area is 120 Å². The van der Waals surface area contributed by atoms with Crippen molar-refractivity contribution in [3.8, 4) is 5.75 Å². The third-order valence-corrected chi connectivity index (χ3v) is 4.11. The molecule has 0 heterocycles. The minimum atomic E-state index is -0.500. The molecule has 0 unspecified atom stereocenters. The molecular weight excluding hydrogens is 252 g/mol. The van der Waals surface area contributed by atoms with E-state index in [-0.39, 0.29) is 11.7 Å². The van der Waals surface area contributed by atoms with Crippen LogP contribution in [-0.4, -0.2) is 35.0 Å². The maximum Gasteiger partial charge on any atom is 0.239 e. The van der Waals surface area contributed by atoms with Crippen LogP contribution in [0.15, 0.2) is 24.3 Å². The minimum Gasteiger partial charge on any atom is -0.508 e. The second kappa shape index (κ2) is 6.75. The summed E-state index contributed by atoms with van der Waals surface area (Å²) in [5.74, 6) is 0.932. The van der Waals surface area contributed by atoms with E-state index >= 15 is 0 Å². The number of carbonyl (C=O) groups excluding carboxylic acids is 1. The van der Waals surface area contributed by atoms with Crippen molar-refractivity contribution in [2.75, 3.05) is 13.1 Å². The van der Waals surface area contributed by atoms with E-state index in [1.165, 1.54) is 19.3 Å². The molecule has 4 heteroatoms. The molecule has 3 N–H and O–H groups in total. The summed E-state index contributed by atoms with van der Waals surface area (Å²) < 4.78 is 0. The highest BCUT2D eigenvalue weighted by Crippen LogP contribution is 2.27. The Hall–Kier alpha value is -1.55. The lowest BCUT2D eigenvalue weighted by Gasteiger charge is -2.33. The number of benzene rings is 1. The molecule has 0 aromatic heterocycles. The number of hydrogen-bond acceptors (Lipinski definition) is 3. The minimum absolute atomic E-state index is 0.0347. The zero-order chi connectivity index (χ0) is 14.5. The zero-order valence-electron chi connectivity index (χ0n) is 12.1. The number of amides is 1. The molecule has 1 saturated carbocycles. The van der Waals surface area contributed by atoms with Crippen LogP contribution in [0.1, 0.15) is 31.7 Å². The first-order valence-corrected chi connectivity index (χ1v) is 7.42. The molecule has 0 bridgehead atoms. The van der Waals surface area contributed by atoms with Crippen molar-refractivity contribution in [3.05, 3.63) is 29.8 Å². The number of likely N-dealkylation sites (N-methyl/N-ethyl adjacent to an activating group) is 1. The molecule has 1 aromatic carbocycles. The lowest BCUT2D eigenvalue weighted by atomic mass is 9.85. The molecule has 4 nitrogen and oxygen atoms in total. The fourth-order valence-electron chi connectivity index (χ4n) is 2.57. The van der Waals surface area contributed by atoms with Crippen LogP contribution < -0.4 is 5.73 Å². The molecule has 1 aliphatic rings. The number of aromatic hydroxyl groups is 1. The second-order valence-electron chi connectivity index (χ2n) is 5.65. The Morgan fingerprint density at radius 1 is 1.40 bits per heavy atom. The lowest BCUT2D eigenvalue weighted by Crippen LogP contribution is -2.47. The van der Waals surface area contributed by atoms with Crippen molar-refractivity contribution in [3.63, 3.8) is 0 Å². The number of nitrogens with zero attached hydrogens (tertiary/aromatic N) is 1. The van der Waals surface area contributed by atoms with Crippen molar-refractivity contribution in [2.24, 2.45) is 11.7 Å². The molecule has 1 aliphatic carbocycles. The number of nitrogens with two attached hydrogens (primary N) is 1. The molecule has 1 atom stereocenters. The molecule has 1 fully saturated rings. The average Bonchev–Trinajstić information content (AvgIpc) is 2.40. The van der Waals surface area contributed by atoms with E-state index in [2.05, 4.69) is 0 Å². The van der Waals surface area contributed by atoms with Gasteiger partial charge >= 0.3 is 0 Å². The number of hydrogen-bond donors (Lipinski definition) is 2. The molecule has 2 rings (SSSR count). The van der Waals surface area contributed by atoms with Crippen molar-refractivity contribution in [1.29, 1.82) is 0 Å². The first-order chi connectivity index (χ1) is 9.60. The highest BCUT2D eigenvalue weighted by atomic mass is 16.3. The van der Waals surface area contributed by atoms with E-state index in [0.29, 0.717) is 12.3 Å². The molecule has 1 amide bonds. The van der Waals surface area contributed by atoms with Crippen LogP contribution in [0.2, 0.25) is 0 Å². The highest BCUT2D eigenvalue weighted by molar-refractivity contribution is 5.82. The quantitative estimate of drug-likeness (QED) is 0.834. The van der Waals surface area contributed by atoms with Gasteiger partial charge in [-0.05, 0) is 49.8 Å². The Balaban J connectivity index is 1.90. The van der Waals surface area contributed by atoms with E-state index in [9.17, 15) is 9.90 Å². The Morgan fingerprint density at radius 2 is 2.05 bits per heavy atom. The van der Waals surface area contributed by atoms with Gasteiger partial charge in [-0.15, -0.1) is 0 Å². The predicted octanol–water partition coefficient (Wildman–Crippen LogP) is 1.91. The van der Waals surface area contributed by atoms with Gasteiger partial charge in [-0.25, -0.2) is 0 Å². The van der Waals surface area contributed by atoms with E-state index in [1.54, 1.807) is 12.1 Å². The van der Waals surface area contributed by atoms with Crippen LogP contribution in [-0.2, 0) is 11.2 Å². The van der Waals surface area contributed by atoms with Gasteiger partial charge < -0.3 is 15.7 Å². The summed E-state index contributed by atoms with van der Waals surface area (Å²) in [4.78, 5) is 14.3. The number of phenolic OH excluding ortho intramolecular Hbond substituents is 1. The third kappa shape index (κ3) is 3.73. The largest absolute Gasteiger partial charge is 0.508 e. The molecule has 20 heavy (non-hydrogen) atoms. The average molecular weight is 276 g/mol. The molecule has 1 aromatic rings. The topological polar surface area (TPSA) is 66.6 Å². The summed E-state index contributed by atoms with van der Waals surface area (Å²) in [7, 11) is 0. The summed E-state index contributed by atoms with van der Waals surface area (Å²) in [6.07, 6.45) is 4.27. The van der Waals surface area contributed by atoms with Crippen molar-refractivity contribution < 1.29 is 9.90 Å². The van der Waals surface area contributed by atoms with Crippen molar-refractivity contribution in [2.45, 2.75) is 38.6 Å². The molecule has 0 aliphatic heterocycles. The number of phenols is 1. The van der Waals surface area contributed by atoms with Gasteiger partial charge in [-0.3, -0.25) is 4.79 Å². The number of carbonyl (C=O) groups is 1. The summed E-state index contributed by atoms with van der Waals surface area (Å²) in [5, 5.41) is 9.25. The summed E-state index contributed by atoms with van der Waals surface area (Å²) in [6.45, 7) is 3.57. The van der Waals surface area contributed by atoms with Crippen LogP contribution >= 0.6 is 0 Å². The standard InChI is InChI=1S/C16H24N2O2/c1-2-18(11-13-4-3-5-13)16(20)15(17)10-12-6-8-14(19)9-7-12/h6-9,13,15,19H,2-5,10-11,17H2,1H3/t15-/m0/s1. The first kappa shape index (κ1) is 14.9. The Kier molecular flexibility index (Phi) is 5.01. The number of rotatable bonds is 6. The van der Waals surface area contributed by atoms with Crippen LogP contribution in [0.4, 0.5) is 0 Å². The van der Waals surface area contributed by atoms with Gasteiger partial charge in [0.15, 0.2) is 0 Å². The van der Waals surface area contributed by atoms with Gasteiger partial charge in [0.05, 0.1) is 6.04 Å². The summed E-state index contributed by atoms with van der Waals surface area (Å²) in [6, 6.07) is 6.37. The monoisotopic (exact) mass is 276 g/mol. The molecular formula is C16H24N2O2. The maximum absolute atomic E-state index is 12.4. The smallest absolute Gasteiger partial charge is 0.239 e. The van der Waals surface area contributed by atoms with Crippen molar-refractivity contribution in [1.82, 2.24) is 4.90 Å². The molecule has 0 radical (unpaired) electrons. The lowest BCUT2D eigenvalue weighted by molar-refractivity contribution is -0.133. The van der Waals surface area contributed by atoms with E-state index in [0.717, 1.165) is 18.7 Å². The van der Waals surface area contributed by atoms with E-state index in [1.807, 2.05) is 24.0 Å². The van der Waals surface area contributed by atoms with Crippen LogP contribution in [0.3, 0.4) is 0 Å². The van der Waals surface area contributed by atoms with E-state index in [4.69, 9.17) is 5.73 Å². The summed E-state index contributed by atoms with van der Waals surface area (Å²) in [5.41, 5.74) is 7.02. The normalized spacial score (nSPS) is 16.5. The van der Waals surface area contributed by atoms with Crippen molar-refractivity contribution >= 4 is 5.91 Å². The molecule has 0 spiro atoms. The zero-order valence-corrected chi connectivity index (χ0v) is 12.1. The predicted molar refractivity (Wildman–Crippen MR) is 79.4 cm³/mol. The van der Waals surface area contributed by atoms with Crippen LogP contribution in [0.5, 0.6) is 5.75 Å². The first-order valence-electron chi connectivity index (χ1n) is 7.42. The fraction of sp³-hybridized carbons (Fsp3) is 0.562. The van der Waals surface area contributed by atoms with Gasteiger partial charge in [0.1, 0.15) is 5.75 Å². The maximum atomic E-state index is 12.4. The van der Waals surface area contributed by atoms with Gasteiger partial charge in [-0.2, -0.15) is 0 Å². The Bertz CT molecular complexity index is 440. The second-order valence-corrected chi connectivity index (χ2v) is 5.65. The SMILES string of the molecule is CCN(CC1CCC1)C(=O)[C@@H](N)Cc1ccc(O)cc1. The van der Waals surface area contributed by atoms with Gasteiger partial charge in [0.25, 0.3) is 0 Å². The van der Waals surface area contributed by atoms with Gasteiger partial charge in [-0.1, -0.05) is 18.6 Å². The van der Waals surface area contributed by atoms with Gasteiger partial charge in [0.2, 0.25) is 5.91 Å². The Morgan fingerprint density at radius 3 is 2.55 bits per heavy atom. The van der Waals surface area contributed by atoms with Crippen LogP contribution in [0.25, 0.3) is 0 Å². The molecule has 110 valence electrons. The molecule has 0 saturated heterocycles. The summed E-state index contributed by atoms with van der Waals surface area (Å²) >= 11 is 0. The highest BCUT2D eigenvalue weighted by Gasteiger charge is 2.25. The fourth-order valence-corrected chi connectivity index (χ4v) is 2.57. The van der Waals surface area contributed by atoms with E-state index < -0.39 is 6.04 Å².